The number of carbonyl (C=O) groups excluding carboxylic acids is 1. The summed E-state index contributed by atoms with van der Waals surface area (Å²) >= 11 is 5.82. The Labute approximate surface area is 153 Å². The molecule has 0 radical (unpaired) electrons. The van der Waals surface area contributed by atoms with Crippen LogP contribution < -0.4 is 14.8 Å². The van der Waals surface area contributed by atoms with Crippen molar-refractivity contribution < 1.29 is 14.3 Å². The van der Waals surface area contributed by atoms with Crippen molar-refractivity contribution in [3.63, 3.8) is 0 Å². The molecule has 2 aromatic carbocycles. The lowest BCUT2D eigenvalue weighted by Gasteiger charge is -2.14. The molecule has 0 aromatic heterocycles. The van der Waals surface area contributed by atoms with Crippen LogP contribution in [-0.4, -0.2) is 25.2 Å². The fourth-order valence-electron chi connectivity index (χ4n) is 2.12. The van der Waals surface area contributed by atoms with Gasteiger partial charge in [0.1, 0.15) is 18.1 Å². The second-order valence-electron chi connectivity index (χ2n) is 5.39. The first-order chi connectivity index (χ1) is 12.1. The molecule has 0 aliphatic carbocycles. The topological polar surface area (TPSA) is 47.6 Å². The van der Waals surface area contributed by atoms with Crippen molar-refractivity contribution in [2.75, 3.05) is 13.2 Å². The minimum absolute atomic E-state index is 0.163. The van der Waals surface area contributed by atoms with E-state index in [1.807, 2.05) is 24.3 Å². The predicted molar refractivity (Wildman–Crippen MR) is 99.0 cm³/mol. The number of ether oxygens (including phenoxy) is 2. The number of halogens is 1. The summed E-state index contributed by atoms with van der Waals surface area (Å²) in [6.07, 6.45) is 5.28. The Hall–Kier alpha value is -2.64. The zero-order chi connectivity index (χ0) is 18.1. The van der Waals surface area contributed by atoms with Crippen LogP contribution in [0.3, 0.4) is 0 Å². The van der Waals surface area contributed by atoms with Gasteiger partial charge in [0.15, 0.2) is 6.10 Å². The summed E-state index contributed by atoms with van der Waals surface area (Å²) in [6.45, 7) is 2.49. The number of rotatable bonds is 8. The zero-order valence-electron chi connectivity index (χ0n) is 14.0. The van der Waals surface area contributed by atoms with Gasteiger partial charge in [-0.15, -0.1) is 6.42 Å². The van der Waals surface area contributed by atoms with E-state index >= 15 is 0 Å². The summed E-state index contributed by atoms with van der Waals surface area (Å²) in [4.78, 5) is 12.1. The molecule has 25 heavy (non-hydrogen) atoms. The van der Waals surface area contributed by atoms with E-state index in [1.165, 1.54) is 0 Å². The van der Waals surface area contributed by atoms with Gasteiger partial charge in [0, 0.05) is 11.6 Å². The van der Waals surface area contributed by atoms with E-state index in [0.717, 1.165) is 17.7 Å². The van der Waals surface area contributed by atoms with Crippen molar-refractivity contribution in [2.24, 2.45) is 0 Å². The van der Waals surface area contributed by atoms with Gasteiger partial charge in [-0.2, -0.15) is 0 Å². The zero-order valence-corrected chi connectivity index (χ0v) is 14.8. The van der Waals surface area contributed by atoms with Gasteiger partial charge >= 0.3 is 0 Å². The highest BCUT2D eigenvalue weighted by molar-refractivity contribution is 6.30. The van der Waals surface area contributed by atoms with Crippen LogP contribution in [0.4, 0.5) is 0 Å². The van der Waals surface area contributed by atoms with Crippen molar-refractivity contribution in [3.05, 3.63) is 59.1 Å². The SMILES string of the molecule is C#CCOc1ccc(CCNC(=O)C(C)Oc2ccc(Cl)cc2)cc1. The molecule has 0 spiro atoms. The maximum Gasteiger partial charge on any atom is 0.260 e. The second-order valence-corrected chi connectivity index (χ2v) is 5.83. The lowest BCUT2D eigenvalue weighted by molar-refractivity contribution is -0.127. The smallest absolute Gasteiger partial charge is 0.260 e. The first-order valence-electron chi connectivity index (χ1n) is 7.93. The Morgan fingerprint density at radius 1 is 1.16 bits per heavy atom. The molecule has 1 amide bonds. The summed E-state index contributed by atoms with van der Waals surface area (Å²) in [6, 6.07) is 14.5. The molecule has 1 atom stereocenters. The standard InChI is InChI=1S/C20H20ClNO3/c1-3-14-24-18-8-4-16(5-9-18)12-13-22-20(23)15(2)25-19-10-6-17(21)7-11-19/h1,4-11,15H,12-14H2,2H3,(H,22,23). The van der Waals surface area contributed by atoms with Gasteiger partial charge in [0.05, 0.1) is 0 Å². The van der Waals surface area contributed by atoms with Gasteiger partial charge in [0.2, 0.25) is 0 Å². The molecule has 2 aromatic rings. The average molecular weight is 358 g/mol. The van der Waals surface area contributed by atoms with E-state index in [2.05, 4.69) is 11.2 Å². The van der Waals surface area contributed by atoms with Crippen LogP contribution in [0.25, 0.3) is 0 Å². The van der Waals surface area contributed by atoms with Crippen LogP contribution >= 0.6 is 11.6 Å². The number of carbonyl (C=O) groups is 1. The van der Waals surface area contributed by atoms with Crippen molar-refractivity contribution in [2.45, 2.75) is 19.4 Å². The Morgan fingerprint density at radius 3 is 2.44 bits per heavy atom. The molecule has 0 bridgehead atoms. The Balaban J connectivity index is 1.74. The number of nitrogens with one attached hydrogen (secondary N) is 1. The lowest BCUT2D eigenvalue weighted by Crippen LogP contribution is -2.37. The molecule has 4 nitrogen and oxygen atoms in total. The number of amides is 1. The lowest BCUT2D eigenvalue weighted by atomic mass is 10.1. The van der Waals surface area contributed by atoms with Gasteiger partial charge in [0.25, 0.3) is 5.91 Å². The summed E-state index contributed by atoms with van der Waals surface area (Å²) < 4.78 is 10.9. The van der Waals surface area contributed by atoms with Crippen LogP contribution in [0.2, 0.25) is 5.02 Å². The van der Waals surface area contributed by atoms with Gasteiger partial charge in [-0.1, -0.05) is 29.7 Å². The molecule has 0 heterocycles. The van der Waals surface area contributed by atoms with E-state index < -0.39 is 6.10 Å². The van der Waals surface area contributed by atoms with Gasteiger partial charge < -0.3 is 14.8 Å². The number of hydrogen-bond acceptors (Lipinski definition) is 3. The average Bonchev–Trinajstić information content (AvgIpc) is 2.62. The minimum atomic E-state index is -0.583. The summed E-state index contributed by atoms with van der Waals surface area (Å²) in [5.74, 6) is 3.60. The molecule has 130 valence electrons. The molecular formula is C20H20ClNO3. The molecule has 0 aliphatic heterocycles. The van der Waals surface area contributed by atoms with Crippen molar-refractivity contribution in [1.82, 2.24) is 5.32 Å². The highest BCUT2D eigenvalue weighted by Crippen LogP contribution is 2.17. The van der Waals surface area contributed by atoms with Crippen molar-refractivity contribution in [3.8, 4) is 23.8 Å². The van der Waals surface area contributed by atoms with E-state index in [9.17, 15) is 4.79 Å². The van der Waals surface area contributed by atoms with Crippen molar-refractivity contribution in [1.29, 1.82) is 0 Å². The first-order valence-corrected chi connectivity index (χ1v) is 8.31. The normalized spacial score (nSPS) is 11.2. The second kappa shape index (κ2) is 9.61. The van der Waals surface area contributed by atoms with Gasteiger partial charge in [-0.25, -0.2) is 0 Å². The van der Waals surface area contributed by atoms with Crippen LogP contribution in [0.1, 0.15) is 12.5 Å². The fraction of sp³-hybridized carbons (Fsp3) is 0.250. The third-order valence-electron chi connectivity index (χ3n) is 3.45. The Bertz CT molecular complexity index is 720. The summed E-state index contributed by atoms with van der Waals surface area (Å²) in [7, 11) is 0. The molecular weight excluding hydrogens is 338 g/mol. The predicted octanol–water partition coefficient (Wildman–Crippen LogP) is 3.48. The number of benzene rings is 2. The first kappa shape index (κ1) is 18.7. The van der Waals surface area contributed by atoms with Crippen LogP contribution in [0.15, 0.2) is 48.5 Å². The Morgan fingerprint density at radius 2 is 1.80 bits per heavy atom. The molecule has 0 saturated carbocycles. The molecule has 1 unspecified atom stereocenters. The third kappa shape index (κ3) is 6.40. The van der Waals surface area contributed by atoms with Crippen LogP contribution in [0, 0.1) is 12.3 Å². The van der Waals surface area contributed by atoms with E-state index in [-0.39, 0.29) is 12.5 Å². The third-order valence-corrected chi connectivity index (χ3v) is 3.71. The quantitative estimate of drug-likeness (QED) is 0.736. The number of terminal acetylenes is 1. The fourth-order valence-corrected chi connectivity index (χ4v) is 2.25. The van der Waals surface area contributed by atoms with E-state index in [0.29, 0.717) is 17.3 Å². The number of hydrogen-bond donors (Lipinski definition) is 1. The summed E-state index contributed by atoms with van der Waals surface area (Å²) in [5, 5.41) is 3.49. The molecule has 0 saturated heterocycles. The van der Waals surface area contributed by atoms with Crippen LogP contribution in [-0.2, 0) is 11.2 Å². The van der Waals surface area contributed by atoms with Crippen LogP contribution in [0.5, 0.6) is 11.5 Å². The molecule has 2 rings (SSSR count). The monoisotopic (exact) mass is 357 g/mol. The maximum atomic E-state index is 12.1. The molecule has 0 aliphatic rings. The highest BCUT2D eigenvalue weighted by atomic mass is 35.5. The largest absolute Gasteiger partial charge is 0.481 e. The molecule has 5 heteroatoms. The van der Waals surface area contributed by atoms with E-state index in [1.54, 1.807) is 31.2 Å². The summed E-state index contributed by atoms with van der Waals surface area (Å²) in [5.41, 5.74) is 1.10. The molecule has 0 fully saturated rings. The highest BCUT2D eigenvalue weighted by Gasteiger charge is 2.13. The van der Waals surface area contributed by atoms with Gasteiger partial charge in [-0.05, 0) is 55.3 Å². The van der Waals surface area contributed by atoms with E-state index in [4.69, 9.17) is 27.5 Å². The molecule has 1 N–H and O–H groups in total. The van der Waals surface area contributed by atoms with Crippen molar-refractivity contribution >= 4 is 17.5 Å². The maximum absolute atomic E-state index is 12.1. The Kier molecular flexibility index (Phi) is 7.18. The minimum Gasteiger partial charge on any atom is -0.481 e. The van der Waals surface area contributed by atoms with Gasteiger partial charge in [-0.3, -0.25) is 4.79 Å².